The SMILES string of the molecule is CNC(O)C(CC(C)C)NC(O)CN. The van der Waals surface area contributed by atoms with Crippen molar-refractivity contribution < 1.29 is 10.2 Å². The minimum Gasteiger partial charge on any atom is -0.377 e. The predicted octanol–water partition coefficient (Wildman–Crippen LogP) is -1.19. The molecule has 6 N–H and O–H groups in total. The lowest BCUT2D eigenvalue weighted by Crippen LogP contribution is -2.52. The van der Waals surface area contributed by atoms with Crippen LogP contribution in [0.15, 0.2) is 0 Å². The second-order valence-electron chi connectivity index (χ2n) is 3.89. The fourth-order valence-corrected chi connectivity index (χ4v) is 1.31. The topological polar surface area (TPSA) is 90.5 Å². The second-order valence-corrected chi connectivity index (χ2v) is 3.89. The van der Waals surface area contributed by atoms with E-state index < -0.39 is 12.5 Å². The van der Waals surface area contributed by atoms with Crippen molar-refractivity contribution in [2.75, 3.05) is 13.6 Å². The van der Waals surface area contributed by atoms with Gasteiger partial charge in [0.1, 0.15) is 12.5 Å². The Balaban J connectivity index is 4.09. The Morgan fingerprint density at radius 1 is 1.29 bits per heavy atom. The van der Waals surface area contributed by atoms with Gasteiger partial charge in [-0.3, -0.25) is 10.6 Å². The molecule has 0 fully saturated rings. The minimum absolute atomic E-state index is 0.144. The zero-order valence-corrected chi connectivity index (χ0v) is 9.20. The van der Waals surface area contributed by atoms with Crippen LogP contribution in [0.4, 0.5) is 0 Å². The van der Waals surface area contributed by atoms with Gasteiger partial charge in [0.05, 0.1) is 0 Å². The van der Waals surface area contributed by atoms with Gasteiger partial charge < -0.3 is 15.9 Å². The molecule has 0 aliphatic rings. The van der Waals surface area contributed by atoms with Gasteiger partial charge >= 0.3 is 0 Å². The maximum Gasteiger partial charge on any atom is 0.120 e. The zero-order chi connectivity index (χ0) is 11.1. The Morgan fingerprint density at radius 3 is 2.21 bits per heavy atom. The van der Waals surface area contributed by atoms with E-state index >= 15 is 0 Å². The van der Waals surface area contributed by atoms with Crippen LogP contribution in [-0.4, -0.2) is 42.3 Å². The van der Waals surface area contributed by atoms with Crippen molar-refractivity contribution in [1.29, 1.82) is 0 Å². The molecule has 86 valence electrons. The van der Waals surface area contributed by atoms with Crippen LogP contribution in [0.3, 0.4) is 0 Å². The summed E-state index contributed by atoms with van der Waals surface area (Å²) in [5.41, 5.74) is 5.28. The summed E-state index contributed by atoms with van der Waals surface area (Å²) in [4.78, 5) is 0. The first kappa shape index (κ1) is 13.8. The number of hydrogen-bond donors (Lipinski definition) is 5. The zero-order valence-electron chi connectivity index (χ0n) is 9.20. The van der Waals surface area contributed by atoms with Crippen molar-refractivity contribution in [3.05, 3.63) is 0 Å². The van der Waals surface area contributed by atoms with Crippen LogP contribution in [0, 0.1) is 5.92 Å². The molecule has 0 aromatic carbocycles. The van der Waals surface area contributed by atoms with E-state index in [1.807, 2.05) is 0 Å². The Bertz CT molecular complexity index is 144. The fraction of sp³-hybridized carbons (Fsp3) is 1.00. The molecule has 0 aliphatic heterocycles. The van der Waals surface area contributed by atoms with E-state index in [-0.39, 0.29) is 12.6 Å². The van der Waals surface area contributed by atoms with Gasteiger partial charge in [0.25, 0.3) is 0 Å². The first-order valence-electron chi connectivity index (χ1n) is 5.00. The minimum atomic E-state index is -0.762. The average molecular weight is 205 g/mol. The highest BCUT2D eigenvalue weighted by Crippen LogP contribution is 2.07. The molecule has 0 aliphatic carbocycles. The molecule has 0 spiro atoms. The van der Waals surface area contributed by atoms with Gasteiger partial charge in [-0.15, -0.1) is 0 Å². The molecule has 0 aromatic rings. The third-order valence-electron chi connectivity index (χ3n) is 2.03. The van der Waals surface area contributed by atoms with E-state index in [1.165, 1.54) is 0 Å². The fourth-order valence-electron chi connectivity index (χ4n) is 1.31. The molecule has 0 radical (unpaired) electrons. The van der Waals surface area contributed by atoms with E-state index in [9.17, 15) is 10.2 Å². The summed E-state index contributed by atoms with van der Waals surface area (Å²) in [6, 6.07) is -0.182. The standard InChI is InChI=1S/C9H23N3O2/c1-6(2)4-7(9(14)11-3)12-8(13)5-10/h6-9,11-14H,4-5,10H2,1-3H3. The molecular weight excluding hydrogens is 182 g/mol. The van der Waals surface area contributed by atoms with Crippen molar-refractivity contribution in [3.63, 3.8) is 0 Å². The van der Waals surface area contributed by atoms with Crippen LogP contribution in [0.25, 0.3) is 0 Å². The number of likely N-dealkylation sites (N-methyl/N-ethyl adjacent to an activating group) is 1. The molecule has 0 saturated carbocycles. The number of aliphatic hydroxyl groups is 2. The molecule has 5 heteroatoms. The molecule has 0 heterocycles. The second kappa shape index (κ2) is 7.14. The summed E-state index contributed by atoms with van der Waals surface area (Å²) in [5, 5.41) is 24.5. The largest absolute Gasteiger partial charge is 0.377 e. The van der Waals surface area contributed by atoms with Crippen LogP contribution in [0.5, 0.6) is 0 Å². The van der Waals surface area contributed by atoms with Crippen molar-refractivity contribution in [2.24, 2.45) is 11.7 Å². The Labute approximate surface area is 85.7 Å². The van der Waals surface area contributed by atoms with Crippen LogP contribution in [-0.2, 0) is 0 Å². The van der Waals surface area contributed by atoms with Crippen LogP contribution in [0.2, 0.25) is 0 Å². The monoisotopic (exact) mass is 205 g/mol. The highest BCUT2D eigenvalue weighted by Gasteiger charge is 2.20. The van der Waals surface area contributed by atoms with Crippen LogP contribution < -0.4 is 16.4 Å². The average Bonchev–Trinajstić information content (AvgIpc) is 2.14. The maximum absolute atomic E-state index is 9.59. The summed E-state index contributed by atoms with van der Waals surface area (Å²) < 4.78 is 0. The van der Waals surface area contributed by atoms with Crippen molar-refractivity contribution in [1.82, 2.24) is 10.6 Å². The van der Waals surface area contributed by atoms with Crippen LogP contribution in [0.1, 0.15) is 20.3 Å². The lowest BCUT2D eigenvalue weighted by molar-refractivity contribution is 0.0475. The normalized spacial score (nSPS) is 18.2. The van der Waals surface area contributed by atoms with Gasteiger partial charge in [-0.2, -0.15) is 0 Å². The summed E-state index contributed by atoms with van der Waals surface area (Å²) in [6.45, 7) is 4.27. The number of hydrogen-bond acceptors (Lipinski definition) is 5. The van der Waals surface area contributed by atoms with Crippen molar-refractivity contribution in [2.45, 2.75) is 38.8 Å². The molecular formula is C9H23N3O2. The number of nitrogens with one attached hydrogen (secondary N) is 2. The molecule has 0 bridgehead atoms. The molecule has 0 rings (SSSR count). The first-order chi connectivity index (χ1) is 6.51. The van der Waals surface area contributed by atoms with E-state index in [2.05, 4.69) is 24.5 Å². The number of aliphatic hydroxyl groups excluding tert-OH is 2. The third kappa shape index (κ3) is 5.51. The molecule has 14 heavy (non-hydrogen) atoms. The summed E-state index contributed by atoms with van der Waals surface area (Å²) >= 11 is 0. The third-order valence-corrected chi connectivity index (χ3v) is 2.03. The molecule has 3 unspecified atom stereocenters. The van der Waals surface area contributed by atoms with Crippen molar-refractivity contribution in [3.8, 4) is 0 Å². The summed E-state index contributed by atoms with van der Waals surface area (Å²) in [6.07, 6.45) is -0.653. The highest BCUT2D eigenvalue weighted by atomic mass is 16.3. The van der Waals surface area contributed by atoms with Gasteiger partial charge in [0.15, 0.2) is 0 Å². The predicted molar refractivity (Wildman–Crippen MR) is 56.5 cm³/mol. The lowest BCUT2D eigenvalue weighted by Gasteiger charge is -2.27. The Kier molecular flexibility index (Phi) is 7.04. The Hall–Kier alpha value is -0.200. The van der Waals surface area contributed by atoms with Gasteiger partial charge in [0.2, 0.25) is 0 Å². The van der Waals surface area contributed by atoms with E-state index in [4.69, 9.17) is 5.73 Å². The Morgan fingerprint density at radius 2 is 1.86 bits per heavy atom. The number of nitrogens with two attached hydrogens (primary N) is 1. The summed E-state index contributed by atoms with van der Waals surface area (Å²) in [5.74, 6) is 0.445. The van der Waals surface area contributed by atoms with Gasteiger partial charge in [-0.05, 0) is 19.4 Å². The van der Waals surface area contributed by atoms with Gasteiger partial charge in [-0.25, -0.2) is 0 Å². The van der Waals surface area contributed by atoms with Gasteiger partial charge in [0, 0.05) is 12.6 Å². The molecule has 0 aromatic heterocycles. The van der Waals surface area contributed by atoms with Crippen molar-refractivity contribution >= 4 is 0 Å². The molecule has 0 saturated heterocycles. The lowest BCUT2D eigenvalue weighted by atomic mass is 10.0. The highest BCUT2D eigenvalue weighted by molar-refractivity contribution is 4.76. The van der Waals surface area contributed by atoms with E-state index in [0.29, 0.717) is 5.92 Å². The molecule has 0 amide bonds. The van der Waals surface area contributed by atoms with E-state index in [0.717, 1.165) is 6.42 Å². The first-order valence-corrected chi connectivity index (χ1v) is 5.00. The van der Waals surface area contributed by atoms with E-state index in [1.54, 1.807) is 7.05 Å². The summed E-state index contributed by atoms with van der Waals surface area (Å²) in [7, 11) is 1.68. The molecule has 5 nitrogen and oxygen atoms in total. The smallest absolute Gasteiger partial charge is 0.120 e. The van der Waals surface area contributed by atoms with Crippen LogP contribution >= 0.6 is 0 Å². The van der Waals surface area contributed by atoms with Gasteiger partial charge in [-0.1, -0.05) is 13.8 Å². The maximum atomic E-state index is 9.59. The quantitative estimate of drug-likeness (QED) is 0.337. The molecule has 3 atom stereocenters. The number of rotatable bonds is 7.